The van der Waals surface area contributed by atoms with E-state index in [1.54, 1.807) is 16.7 Å². The molecule has 3 aromatic carbocycles. The summed E-state index contributed by atoms with van der Waals surface area (Å²) in [4.78, 5) is 12.5. The van der Waals surface area contributed by atoms with Crippen LogP contribution in [0.25, 0.3) is 17.1 Å². The highest BCUT2D eigenvalue weighted by Crippen LogP contribution is 2.32. The molecular formula is C25H20ClF3N4O2S. The minimum Gasteiger partial charge on any atom is -0.494 e. The summed E-state index contributed by atoms with van der Waals surface area (Å²) in [5, 5.41) is 12.1. The molecule has 1 aromatic heterocycles. The van der Waals surface area contributed by atoms with Crippen molar-refractivity contribution in [3.05, 3.63) is 83.4 Å². The summed E-state index contributed by atoms with van der Waals surface area (Å²) in [5.74, 6) is 0.675. The number of alkyl halides is 3. The molecule has 1 N–H and O–H groups in total. The van der Waals surface area contributed by atoms with Gasteiger partial charge in [-0.1, -0.05) is 29.4 Å². The van der Waals surface area contributed by atoms with Crippen LogP contribution in [0.1, 0.15) is 12.5 Å². The van der Waals surface area contributed by atoms with Gasteiger partial charge >= 0.3 is 6.18 Å². The van der Waals surface area contributed by atoms with Crippen molar-refractivity contribution in [2.45, 2.75) is 18.3 Å². The third kappa shape index (κ3) is 6.19. The van der Waals surface area contributed by atoms with Crippen LogP contribution in [0.3, 0.4) is 0 Å². The summed E-state index contributed by atoms with van der Waals surface area (Å²) in [5.41, 5.74) is 0.733. The molecule has 0 atom stereocenters. The molecule has 4 aromatic rings. The van der Waals surface area contributed by atoms with E-state index in [-0.39, 0.29) is 11.4 Å². The number of thioether (sulfide) groups is 1. The number of benzene rings is 3. The van der Waals surface area contributed by atoms with Gasteiger partial charge in [-0.05, 0) is 73.7 Å². The van der Waals surface area contributed by atoms with E-state index >= 15 is 0 Å². The van der Waals surface area contributed by atoms with Gasteiger partial charge in [-0.25, -0.2) is 0 Å². The third-order valence-corrected chi connectivity index (χ3v) is 6.13. The summed E-state index contributed by atoms with van der Waals surface area (Å²) < 4.78 is 46.2. The van der Waals surface area contributed by atoms with E-state index in [0.29, 0.717) is 28.4 Å². The van der Waals surface area contributed by atoms with Crippen LogP contribution in [0.15, 0.2) is 78.0 Å². The predicted molar refractivity (Wildman–Crippen MR) is 134 cm³/mol. The second-order valence-corrected chi connectivity index (χ2v) is 8.87. The first-order chi connectivity index (χ1) is 17.2. The minimum absolute atomic E-state index is 0.0604. The van der Waals surface area contributed by atoms with Gasteiger partial charge < -0.3 is 10.1 Å². The SMILES string of the molecule is CCOc1ccc(-n2c(SCC(=O)Nc3cccc(C(F)(F)F)c3)nnc2-c2ccc(Cl)cc2)cc1. The first-order valence-electron chi connectivity index (χ1n) is 10.8. The number of hydrogen-bond donors (Lipinski definition) is 1. The van der Waals surface area contributed by atoms with E-state index in [2.05, 4.69) is 15.5 Å². The fourth-order valence-corrected chi connectivity index (χ4v) is 4.22. The van der Waals surface area contributed by atoms with Crippen LogP contribution in [0, 0.1) is 0 Å². The highest BCUT2D eigenvalue weighted by Gasteiger charge is 2.30. The van der Waals surface area contributed by atoms with Gasteiger partial charge in [0.05, 0.1) is 17.9 Å². The molecule has 0 fully saturated rings. The number of halogens is 4. The second kappa shape index (κ2) is 11.0. The third-order valence-electron chi connectivity index (χ3n) is 4.95. The number of nitrogens with one attached hydrogen (secondary N) is 1. The summed E-state index contributed by atoms with van der Waals surface area (Å²) in [7, 11) is 0. The van der Waals surface area contributed by atoms with Crippen molar-refractivity contribution in [3.8, 4) is 22.8 Å². The second-order valence-electron chi connectivity index (χ2n) is 7.49. The van der Waals surface area contributed by atoms with Crippen LogP contribution >= 0.6 is 23.4 Å². The summed E-state index contributed by atoms with van der Waals surface area (Å²) in [6.45, 7) is 2.43. The van der Waals surface area contributed by atoms with Gasteiger partial charge in [0.15, 0.2) is 11.0 Å². The van der Waals surface area contributed by atoms with E-state index in [4.69, 9.17) is 16.3 Å². The topological polar surface area (TPSA) is 69.0 Å². The van der Waals surface area contributed by atoms with Gasteiger partial charge in [0.1, 0.15) is 5.75 Å². The van der Waals surface area contributed by atoms with Gasteiger partial charge in [-0.2, -0.15) is 13.2 Å². The normalized spacial score (nSPS) is 11.4. The number of hydrogen-bond acceptors (Lipinski definition) is 5. The van der Waals surface area contributed by atoms with Crippen molar-refractivity contribution >= 4 is 35.0 Å². The quantitative estimate of drug-likeness (QED) is 0.255. The molecule has 1 amide bonds. The molecule has 0 saturated carbocycles. The number of aromatic nitrogens is 3. The maximum atomic E-state index is 13.0. The van der Waals surface area contributed by atoms with Gasteiger partial charge in [0.25, 0.3) is 0 Å². The van der Waals surface area contributed by atoms with Crippen LogP contribution in [0.4, 0.5) is 18.9 Å². The van der Waals surface area contributed by atoms with Crippen molar-refractivity contribution in [2.24, 2.45) is 0 Å². The molecule has 186 valence electrons. The zero-order valence-electron chi connectivity index (χ0n) is 18.9. The Labute approximate surface area is 214 Å². The lowest BCUT2D eigenvalue weighted by Crippen LogP contribution is -2.15. The number of carbonyl (C=O) groups is 1. The van der Waals surface area contributed by atoms with Crippen LogP contribution in [0.5, 0.6) is 5.75 Å². The van der Waals surface area contributed by atoms with Crippen molar-refractivity contribution in [1.82, 2.24) is 14.8 Å². The van der Waals surface area contributed by atoms with Crippen LogP contribution in [-0.4, -0.2) is 33.0 Å². The molecule has 0 spiro atoms. The maximum absolute atomic E-state index is 13.0. The monoisotopic (exact) mass is 532 g/mol. The van der Waals surface area contributed by atoms with Gasteiger partial charge in [-0.3, -0.25) is 9.36 Å². The smallest absolute Gasteiger partial charge is 0.416 e. The number of carbonyl (C=O) groups excluding carboxylic acids is 1. The molecule has 6 nitrogen and oxygen atoms in total. The summed E-state index contributed by atoms with van der Waals surface area (Å²) in [6.07, 6.45) is -4.50. The number of anilines is 1. The lowest BCUT2D eigenvalue weighted by atomic mass is 10.2. The Kier molecular flexibility index (Phi) is 7.85. The fraction of sp³-hybridized carbons (Fsp3) is 0.160. The molecule has 0 aliphatic rings. The molecule has 36 heavy (non-hydrogen) atoms. The van der Waals surface area contributed by atoms with Crippen molar-refractivity contribution in [3.63, 3.8) is 0 Å². The minimum atomic E-state index is -4.50. The lowest BCUT2D eigenvalue weighted by Gasteiger charge is -2.12. The van der Waals surface area contributed by atoms with Crippen molar-refractivity contribution in [2.75, 3.05) is 17.7 Å². The van der Waals surface area contributed by atoms with Crippen LogP contribution in [-0.2, 0) is 11.0 Å². The number of rotatable bonds is 8. The Morgan fingerprint density at radius 2 is 1.78 bits per heavy atom. The van der Waals surface area contributed by atoms with Crippen molar-refractivity contribution in [1.29, 1.82) is 0 Å². The molecule has 1 heterocycles. The Morgan fingerprint density at radius 1 is 1.06 bits per heavy atom. The maximum Gasteiger partial charge on any atom is 0.416 e. The van der Waals surface area contributed by atoms with Crippen molar-refractivity contribution < 1.29 is 22.7 Å². The lowest BCUT2D eigenvalue weighted by molar-refractivity contribution is -0.137. The van der Waals surface area contributed by atoms with E-state index in [1.165, 1.54) is 12.1 Å². The Bertz CT molecular complexity index is 1340. The van der Waals surface area contributed by atoms with Gasteiger partial charge in [0.2, 0.25) is 5.91 Å². The fourth-order valence-electron chi connectivity index (χ4n) is 3.34. The predicted octanol–water partition coefficient (Wildman–Crippen LogP) is 6.74. The Morgan fingerprint density at radius 3 is 2.44 bits per heavy atom. The molecular weight excluding hydrogens is 513 g/mol. The number of amides is 1. The molecule has 0 saturated heterocycles. The highest BCUT2D eigenvalue weighted by atomic mass is 35.5. The van der Waals surface area contributed by atoms with E-state index in [9.17, 15) is 18.0 Å². The van der Waals surface area contributed by atoms with Gasteiger partial charge in [-0.15, -0.1) is 10.2 Å². The highest BCUT2D eigenvalue weighted by molar-refractivity contribution is 7.99. The molecule has 11 heteroatoms. The van der Waals surface area contributed by atoms with E-state index < -0.39 is 17.6 Å². The van der Waals surface area contributed by atoms with E-state index in [1.807, 2.05) is 43.3 Å². The number of ether oxygens (including phenoxy) is 1. The van der Waals surface area contributed by atoms with E-state index in [0.717, 1.165) is 35.1 Å². The summed E-state index contributed by atoms with van der Waals surface area (Å²) in [6, 6.07) is 18.9. The largest absolute Gasteiger partial charge is 0.494 e. The molecule has 0 radical (unpaired) electrons. The zero-order valence-corrected chi connectivity index (χ0v) is 20.5. The van der Waals surface area contributed by atoms with Gasteiger partial charge in [0, 0.05) is 22.0 Å². The molecule has 0 aliphatic carbocycles. The Hall–Kier alpha value is -3.50. The Balaban J connectivity index is 1.57. The molecule has 4 rings (SSSR count). The summed E-state index contributed by atoms with van der Waals surface area (Å²) >= 11 is 7.14. The average Bonchev–Trinajstić information content (AvgIpc) is 3.27. The van der Waals surface area contributed by atoms with Crippen LogP contribution < -0.4 is 10.1 Å². The van der Waals surface area contributed by atoms with Crippen LogP contribution in [0.2, 0.25) is 5.02 Å². The molecule has 0 aliphatic heterocycles. The molecule has 0 unspecified atom stereocenters. The number of nitrogens with zero attached hydrogens (tertiary/aromatic N) is 3. The standard InChI is InChI=1S/C25H20ClF3N4O2S/c1-2-35-21-12-10-20(11-13-21)33-23(16-6-8-18(26)9-7-16)31-32-24(33)36-15-22(34)30-19-5-3-4-17(14-19)25(27,28)29/h3-14H,2,15H2,1H3,(H,30,34). The average molecular weight is 533 g/mol. The first-order valence-corrected chi connectivity index (χ1v) is 12.2. The zero-order chi connectivity index (χ0) is 25.7. The molecule has 0 bridgehead atoms. The first kappa shape index (κ1) is 25.6.